The lowest BCUT2D eigenvalue weighted by Crippen LogP contribution is -2.38. The fourth-order valence-corrected chi connectivity index (χ4v) is 3.59. The van der Waals surface area contributed by atoms with Gasteiger partial charge in [0.2, 0.25) is 11.7 Å². The van der Waals surface area contributed by atoms with Gasteiger partial charge in [-0.05, 0) is 49.2 Å². The van der Waals surface area contributed by atoms with E-state index >= 15 is 0 Å². The molecule has 0 saturated heterocycles. The predicted molar refractivity (Wildman–Crippen MR) is 103 cm³/mol. The molecular weight excluding hydrogens is 364 g/mol. The van der Waals surface area contributed by atoms with Crippen molar-refractivity contribution in [3.05, 3.63) is 47.6 Å². The molecule has 1 aliphatic rings. The van der Waals surface area contributed by atoms with E-state index in [2.05, 4.69) is 15.5 Å². The van der Waals surface area contributed by atoms with Crippen LogP contribution >= 0.6 is 11.6 Å². The maximum atomic E-state index is 12.4. The molecule has 4 rings (SSSR count). The maximum absolute atomic E-state index is 12.4. The summed E-state index contributed by atoms with van der Waals surface area (Å²) < 4.78 is 7.25. The number of carbonyl (C=O) groups excluding carboxylic acids is 1. The van der Waals surface area contributed by atoms with Crippen LogP contribution in [0.15, 0.2) is 47.1 Å². The molecule has 27 heavy (non-hydrogen) atoms. The van der Waals surface area contributed by atoms with Crippen molar-refractivity contribution in [2.75, 3.05) is 0 Å². The molecule has 7 heteroatoms. The largest absolute Gasteiger partial charge is 0.352 e. The number of nitrogens with zero attached hydrogens (tertiary/aromatic N) is 3. The first kappa shape index (κ1) is 17.8. The van der Waals surface area contributed by atoms with Crippen LogP contribution in [0.2, 0.25) is 5.02 Å². The van der Waals surface area contributed by atoms with Crippen LogP contribution in [0.4, 0.5) is 0 Å². The van der Waals surface area contributed by atoms with Crippen molar-refractivity contribution in [1.29, 1.82) is 0 Å². The highest BCUT2D eigenvalue weighted by Gasteiger charge is 2.18. The number of amides is 1. The van der Waals surface area contributed by atoms with E-state index in [9.17, 15) is 4.79 Å². The van der Waals surface area contributed by atoms with Gasteiger partial charge >= 0.3 is 0 Å². The van der Waals surface area contributed by atoms with E-state index in [1.807, 2.05) is 35.0 Å². The molecule has 0 unspecified atom stereocenters. The van der Waals surface area contributed by atoms with Gasteiger partial charge in [-0.1, -0.05) is 36.0 Å². The summed E-state index contributed by atoms with van der Waals surface area (Å²) in [4.78, 5) is 16.9. The maximum Gasteiger partial charge on any atom is 0.274 e. The highest BCUT2D eigenvalue weighted by atomic mass is 35.5. The summed E-state index contributed by atoms with van der Waals surface area (Å²) in [7, 11) is 0. The van der Waals surface area contributed by atoms with Crippen molar-refractivity contribution in [2.45, 2.75) is 44.7 Å². The molecule has 1 aliphatic carbocycles. The lowest BCUT2D eigenvalue weighted by atomic mass is 9.95. The van der Waals surface area contributed by atoms with Crippen molar-refractivity contribution in [3.8, 4) is 23.0 Å². The number of aromatic nitrogens is 3. The Labute approximate surface area is 162 Å². The standard InChI is InChI=1S/C20H21ClN4O2/c21-15-10-8-14(9-11-15)19-23-20(27-24-19)17-7-4-12-25(17)13-18(26)22-16-5-2-1-3-6-16/h4,7-12,16H,1-3,5-6,13H2,(H,22,26). The topological polar surface area (TPSA) is 73.0 Å². The van der Waals surface area contributed by atoms with Gasteiger partial charge in [0.05, 0.1) is 0 Å². The average molecular weight is 385 g/mol. The molecule has 1 amide bonds. The number of nitrogens with one attached hydrogen (secondary N) is 1. The summed E-state index contributed by atoms with van der Waals surface area (Å²) in [5, 5.41) is 7.83. The molecule has 0 atom stereocenters. The van der Waals surface area contributed by atoms with Crippen LogP contribution in [-0.2, 0) is 11.3 Å². The third kappa shape index (κ3) is 4.22. The number of rotatable bonds is 5. The molecule has 0 spiro atoms. The molecule has 2 heterocycles. The normalized spacial score (nSPS) is 15.0. The first-order valence-corrected chi connectivity index (χ1v) is 9.61. The zero-order chi connectivity index (χ0) is 18.6. The van der Waals surface area contributed by atoms with E-state index in [-0.39, 0.29) is 12.5 Å². The molecule has 6 nitrogen and oxygen atoms in total. The van der Waals surface area contributed by atoms with E-state index in [1.165, 1.54) is 19.3 Å². The Morgan fingerprint density at radius 3 is 2.74 bits per heavy atom. The zero-order valence-corrected chi connectivity index (χ0v) is 15.7. The smallest absolute Gasteiger partial charge is 0.274 e. The first-order valence-electron chi connectivity index (χ1n) is 9.23. The van der Waals surface area contributed by atoms with Crippen LogP contribution in [0.1, 0.15) is 32.1 Å². The number of hydrogen-bond donors (Lipinski definition) is 1. The first-order chi connectivity index (χ1) is 13.2. The highest BCUT2D eigenvalue weighted by molar-refractivity contribution is 6.30. The second kappa shape index (κ2) is 7.96. The zero-order valence-electron chi connectivity index (χ0n) is 14.9. The van der Waals surface area contributed by atoms with E-state index in [0.717, 1.165) is 24.1 Å². The third-order valence-electron chi connectivity index (χ3n) is 4.86. The number of benzene rings is 1. The van der Waals surface area contributed by atoms with E-state index in [0.29, 0.717) is 22.8 Å². The van der Waals surface area contributed by atoms with Crippen LogP contribution in [0, 0.1) is 0 Å². The van der Waals surface area contributed by atoms with Crippen LogP contribution in [0.5, 0.6) is 0 Å². The summed E-state index contributed by atoms with van der Waals surface area (Å²) in [6.07, 6.45) is 7.63. The summed E-state index contributed by atoms with van der Waals surface area (Å²) in [5.74, 6) is 0.883. The fraction of sp³-hybridized carbons (Fsp3) is 0.350. The number of halogens is 1. The van der Waals surface area contributed by atoms with Crippen molar-refractivity contribution in [2.24, 2.45) is 0 Å². The minimum Gasteiger partial charge on any atom is -0.352 e. The molecule has 0 radical (unpaired) electrons. The van der Waals surface area contributed by atoms with Crippen LogP contribution < -0.4 is 5.32 Å². The molecule has 0 bridgehead atoms. The van der Waals surface area contributed by atoms with Gasteiger partial charge in [-0.3, -0.25) is 4.79 Å². The summed E-state index contributed by atoms with van der Waals surface area (Å²) in [5.41, 5.74) is 1.55. The lowest BCUT2D eigenvalue weighted by Gasteiger charge is -2.23. The summed E-state index contributed by atoms with van der Waals surface area (Å²) in [6, 6.07) is 11.3. The van der Waals surface area contributed by atoms with Crippen molar-refractivity contribution in [1.82, 2.24) is 20.0 Å². The highest BCUT2D eigenvalue weighted by Crippen LogP contribution is 2.24. The molecule has 3 aromatic rings. The molecule has 0 aliphatic heterocycles. The quantitative estimate of drug-likeness (QED) is 0.711. The van der Waals surface area contributed by atoms with Gasteiger partial charge in [0.25, 0.3) is 5.89 Å². The van der Waals surface area contributed by atoms with Gasteiger partial charge in [0, 0.05) is 22.8 Å². The van der Waals surface area contributed by atoms with Gasteiger partial charge in [0.1, 0.15) is 12.2 Å². The van der Waals surface area contributed by atoms with Crippen LogP contribution in [0.25, 0.3) is 23.0 Å². The summed E-state index contributed by atoms with van der Waals surface area (Å²) in [6.45, 7) is 0.234. The molecule has 2 aromatic heterocycles. The fourth-order valence-electron chi connectivity index (χ4n) is 3.46. The van der Waals surface area contributed by atoms with Gasteiger partial charge in [-0.15, -0.1) is 0 Å². The van der Waals surface area contributed by atoms with Crippen molar-refractivity contribution >= 4 is 17.5 Å². The lowest BCUT2D eigenvalue weighted by molar-refractivity contribution is -0.122. The molecular formula is C20H21ClN4O2. The van der Waals surface area contributed by atoms with E-state index < -0.39 is 0 Å². The molecule has 1 fully saturated rings. The second-order valence-electron chi connectivity index (χ2n) is 6.85. The second-order valence-corrected chi connectivity index (χ2v) is 7.29. The minimum absolute atomic E-state index is 0.0109. The Balaban J connectivity index is 1.47. The van der Waals surface area contributed by atoms with Gasteiger partial charge in [-0.25, -0.2) is 0 Å². The molecule has 140 valence electrons. The monoisotopic (exact) mass is 384 g/mol. The Morgan fingerprint density at radius 2 is 1.96 bits per heavy atom. The Bertz CT molecular complexity index is 910. The molecule has 1 aromatic carbocycles. The Morgan fingerprint density at radius 1 is 1.19 bits per heavy atom. The minimum atomic E-state index is 0.0109. The molecule has 1 N–H and O–H groups in total. The van der Waals surface area contributed by atoms with Gasteiger partial charge in [0.15, 0.2) is 0 Å². The van der Waals surface area contributed by atoms with Gasteiger partial charge < -0.3 is 14.4 Å². The van der Waals surface area contributed by atoms with E-state index in [1.54, 1.807) is 12.1 Å². The summed E-state index contributed by atoms with van der Waals surface area (Å²) >= 11 is 5.92. The van der Waals surface area contributed by atoms with Gasteiger partial charge in [-0.2, -0.15) is 4.98 Å². The van der Waals surface area contributed by atoms with Crippen molar-refractivity contribution in [3.63, 3.8) is 0 Å². The predicted octanol–water partition coefficient (Wildman–Crippen LogP) is 4.31. The SMILES string of the molecule is O=C(Cn1cccc1-c1nc(-c2ccc(Cl)cc2)no1)NC1CCCCC1. The number of hydrogen-bond acceptors (Lipinski definition) is 4. The Kier molecular flexibility index (Phi) is 5.25. The Hall–Kier alpha value is -2.60. The van der Waals surface area contributed by atoms with E-state index in [4.69, 9.17) is 16.1 Å². The van der Waals surface area contributed by atoms with Crippen molar-refractivity contribution < 1.29 is 9.32 Å². The van der Waals surface area contributed by atoms with Crippen LogP contribution in [0.3, 0.4) is 0 Å². The molecule has 1 saturated carbocycles. The average Bonchev–Trinajstić information content (AvgIpc) is 3.32. The van der Waals surface area contributed by atoms with Crippen LogP contribution in [-0.4, -0.2) is 26.7 Å². The third-order valence-corrected chi connectivity index (χ3v) is 5.11. The number of carbonyl (C=O) groups is 1.